The summed E-state index contributed by atoms with van der Waals surface area (Å²) in [7, 11) is 1.73. The number of aliphatic hydroxyl groups excluding tert-OH is 3. The Bertz CT molecular complexity index is 681. The number of hydrogen-bond donors (Lipinski definition) is 4. The highest BCUT2D eigenvalue weighted by atomic mass is 32.2. The zero-order chi connectivity index (χ0) is 15.9. The molecule has 10 heteroatoms. The van der Waals surface area contributed by atoms with E-state index in [0.29, 0.717) is 22.1 Å². The fourth-order valence-corrected chi connectivity index (χ4v) is 2.82. The maximum Gasteiger partial charge on any atom is 0.191 e. The quantitative estimate of drug-likeness (QED) is 0.422. The van der Waals surface area contributed by atoms with Crippen LogP contribution in [0.4, 0.5) is 5.82 Å². The molecule has 4 N–H and O–H groups in total. The Morgan fingerprint density at radius 2 is 2.14 bits per heavy atom. The number of anilines is 1. The van der Waals surface area contributed by atoms with E-state index in [2.05, 4.69) is 20.3 Å². The molecule has 1 aliphatic rings. The number of nitrogens with one attached hydrogen (secondary N) is 1. The number of aliphatic hydroxyl groups is 3. The van der Waals surface area contributed by atoms with E-state index in [4.69, 9.17) is 4.74 Å². The molecule has 0 saturated carbocycles. The van der Waals surface area contributed by atoms with Crippen molar-refractivity contribution < 1.29 is 20.1 Å². The van der Waals surface area contributed by atoms with Gasteiger partial charge >= 0.3 is 0 Å². The Morgan fingerprint density at radius 1 is 1.36 bits per heavy atom. The van der Waals surface area contributed by atoms with E-state index in [9.17, 15) is 15.3 Å². The molecule has 22 heavy (non-hydrogen) atoms. The van der Waals surface area contributed by atoms with Crippen LogP contribution < -0.4 is 5.32 Å². The first-order chi connectivity index (χ1) is 10.6. The van der Waals surface area contributed by atoms with Crippen LogP contribution >= 0.6 is 11.8 Å². The van der Waals surface area contributed by atoms with Gasteiger partial charge in [-0.05, 0) is 6.26 Å². The monoisotopic (exact) mass is 327 g/mol. The van der Waals surface area contributed by atoms with Crippen molar-refractivity contribution in [1.29, 1.82) is 0 Å². The first kappa shape index (κ1) is 15.4. The van der Waals surface area contributed by atoms with E-state index in [1.807, 2.05) is 6.26 Å². The molecule has 0 radical (unpaired) electrons. The smallest absolute Gasteiger partial charge is 0.191 e. The minimum Gasteiger partial charge on any atom is -0.394 e. The van der Waals surface area contributed by atoms with Gasteiger partial charge in [0, 0.05) is 7.05 Å². The van der Waals surface area contributed by atoms with Gasteiger partial charge in [-0.2, -0.15) is 0 Å². The third-order valence-electron chi connectivity index (χ3n) is 3.61. The van der Waals surface area contributed by atoms with Gasteiger partial charge in [-0.1, -0.05) is 11.8 Å². The van der Waals surface area contributed by atoms with Gasteiger partial charge < -0.3 is 25.4 Å². The van der Waals surface area contributed by atoms with Gasteiger partial charge in [0.1, 0.15) is 18.3 Å². The van der Waals surface area contributed by atoms with Crippen LogP contribution in [-0.4, -0.2) is 73.1 Å². The van der Waals surface area contributed by atoms with Gasteiger partial charge in [-0.15, -0.1) is 0 Å². The number of ether oxygens (including phenoxy) is 1. The van der Waals surface area contributed by atoms with Crippen LogP contribution in [0.1, 0.15) is 6.23 Å². The van der Waals surface area contributed by atoms with Crippen molar-refractivity contribution in [2.75, 3.05) is 25.2 Å². The minimum absolute atomic E-state index is 0.381. The van der Waals surface area contributed by atoms with Crippen molar-refractivity contribution in [2.24, 2.45) is 0 Å². The van der Waals surface area contributed by atoms with Gasteiger partial charge in [-0.3, -0.25) is 4.57 Å². The zero-order valence-electron chi connectivity index (χ0n) is 12.0. The van der Waals surface area contributed by atoms with Crippen molar-refractivity contribution >= 4 is 28.7 Å². The lowest BCUT2D eigenvalue weighted by Gasteiger charge is -2.16. The molecule has 2 aromatic rings. The van der Waals surface area contributed by atoms with Crippen molar-refractivity contribution in [1.82, 2.24) is 19.5 Å². The first-order valence-electron chi connectivity index (χ1n) is 6.69. The van der Waals surface area contributed by atoms with Crippen LogP contribution in [0.25, 0.3) is 11.2 Å². The summed E-state index contributed by atoms with van der Waals surface area (Å²) in [4.78, 5) is 13.0. The number of fused-ring (bicyclic) bond motifs is 1. The number of imidazole rings is 1. The van der Waals surface area contributed by atoms with Crippen molar-refractivity contribution in [3.8, 4) is 0 Å². The minimum atomic E-state index is -1.18. The van der Waals surface area contributed by atoms with Gasteiger partial charge in [0.15, 0.2) is 28.4 Å². The third-order valence-corrected chi connectivity index (χ3v) is 4.16. The lowest BCUT2D eigenvalue weighted by atomic mass is 10.1. The average molecular weight is 327 g/mol. The normalized spacial score (nSPS) is 28.4. The maximum absolute atomic E-state index is 10.1. The molecular formula is C12H17N5O4S. The number of hydrogen-bond acceptors (Lipinski definition) is 9. The lowest BCUT2D eigenvalue weighted by Crippen LogP contribution is -2.33. The molecule has 4 atom stereocenters. The molecule has 1 aliphatic heterocycles. The van der Waals surface area contributed by atoms with Gasteiger partial charge in [-0.25, -0.2) is 15.0 Å². The third kappa shape index (κ3) is 2.32. The summed E-state index contributed by atoms with van der Waals surface area (Å²) >= 11 is 1.38. The number of rotatable bonds is 4. The first-order valence-corrected chi connectivity index (χ1v) is 7.92. The molecule has 0 bridgehead atoms. The van der Waals surface area contributed by atoms with E-state index in [1.165, 1.54) is 18.1 Å². The molecule has 0 amide bonds. The van der Waals surface area contributed by atoms with Crippen LogP contribution in [-0.2, 0) is 4.74 Å². The van der Waals surface area contributed by atoms with Crippen molar-refractivity contribution in [3.05, 3.63) is 6.33 Å². The van der Waals surface area contributed by atoms with E-state index < -0.39 is 24.5 Å². The Labute approximate surface area is 130 Å². The molecule has 9 nitrogen and oxygen atoms in total. The number of nitrogens with zero attached hydrogens (tertiary/aromatic N) is 4. The van der Waals surface area contributed by atoms with Crippen molar-refractivity contribution in [2.45, 2.75) is 29.7 Å². The highest BCUT2D eigenvalue weighted by molar-refractivity contribution is 7.98. The summed E-state index contributed by atoms with van der Waals surface area (Å²) in [6.07, 6.45) is -0.730. The molecule has 1 unspecified atom stereocenters. The van der Waals surface area contributed by atoms with E-state index in [0.717, 1.165) is 0 Å². The van der Waals surface area contributed by atoms with E-state index >= 15 is 0 Å². The topological polar surface area (TPSA) is 126 Å². The van der Waals surface area contributed by atoms with E-state index in [1.54, 1.807) is 11.6 Å². The molecule has 0 spiro atoms. The standard InChI is InChI=1S/C12H17N5O4S/c1-13-9-6-10(16-12(15-9)22-2)17(4-14-6)11-8(20)7(19)5(3-18)21-11/h4-5,7-8,11,18-20H,3H2,1-2H3,(H,13,15,16)/t5-,7?,8+,11-/m1/s1. The zero-order valence-corrected chi connectivity index (χ0v) is 12.9. The number of thioether (sulfide) groups is 1. The molecule has 120 valence electrons. The molecule has 1 saturated heterocycles. The second kappa shape index (κ2) is 5.97. The molecular weight excluding hydrogens is 310 g/mol. The Morgan fingerprint density at radius 3 is 2.73 bits per heavy atom. The fourth-order valence-electron chi connectivity index (χ4n) is 2.46. The maximum atomic E-state index is 10.1. The predicted octanol–water partition coefficient (Wildman–Crippen LogP) is -0.799. The van der Waals surface area contributed by atoms with Crippen LogP contribution in [0.2, 0.25) is 0 Å². The summed E-state index contributed by atoms with van der Waals surface area (Å²) in [5.74, 6) is 0.569. The van der Waals surface area contributed by atoms with E-state index in [-0.39, 0.29) is 6.61 Å². The summed E-state index contributed by atoms with van der Waals surface area (Å²) in [5.41, 5.74) is 1.02. The molecule has 2 aromatic heterocycles. The van der Waals surface area contributed by atoms with Crippen LogP contribution in [0.3, 0.4) is 0 Å². The Kier molecular flexibility index (Phi) is 4.19. The van der Waals surface area contributed by atoms with Crippen LogP contribution in [0.5, 0.6) is 0 Å². The summed E-state index contributed by atoms with van der Waals surface area (Å²) in [6.45, 7) is -0.381. The Balaban J connectivity index is 2.08. The van der Waals surface area contributed by atoms with Crippen LogP contribution in [0, 0.1) is 0 Å². The molecule has 3 rings (SSSR count). The SMILES string of the molecule is CNc1nc(SC)nc2c1ncn2[C@@H]1O[C@H](CO)C(O)[C@@H]1O. The molecule has 1 fully saturated rings. The largest absolute Gasteiger partial charge is 0.394 e. The second-order valence-corrected chi connectivity index (χ2v) is 5.64. The molecule has 3 heterocycles. The highest BCUT2D eigenvalue weighted by Crippen LogP contribution is 2.32. The molecule has 0 aliphatic carbocycles. The molecule has 0 aromatic carbocycles. The average Bonchev–Trinajstić information content (AvgIpc) is 3.08. The van der Waals surface area contributed by atoms with Gasteiger partial charge in [0.2, 0.25) is 0 Å². The van der Waals surface area contributed by atoms with Crippen molar-refractivity contribution in [3.63, 3.8) is 0 Å². The summed E-state index contributed by atoms with van der Waals surface area (Å²) < 4.78 is 7.06. The summed E-state index contributed by atoms with van der Waals surface area (Å²) in [6, 6.07) is 0. The van der Waals surface area contributed by atoms with Gasteiger partial charge in [0.25, 0.3) is 0 Å². The number of aromatic nitrogens is 4. The van der Waals surface area contributed by atoms with Crippen LogP contribution in [0.15, 0.2) is 11.5 Å². The lowest BCUT2D eigenvalue weighted by molar-refractivity contribution is -0.0511. The fraction of sp³-hybridized carbons (Fsp3) is 0.583. The highest BCUT2D eigenvalue weighted by Gasteiger charge is 2.44. The summed E-state index contributed by atoms with van der Waals surface area (Å²) in [5, 5.41) is 32.7. The second-order valence-electron chi connectivity index (χ2n) is 4.86. The predicted molar refractivity (Wildman–Crippen MR) is 79.7 cm³/mol. The Hall–Kier alpha value is -1.46. The van der Waals surface area contributed by atoms with Gasteiger partial charge in [0.05, 0.1) is 12.9 Å².